The van der Waals surface area contributed by atoms with Crippen molar-refractivity contribution in [3.05, 3.63) is 71.4 Å². The van der Waals surface area contributed by atoms with E-state index in [0.29, 0.717) is 11.6 Å². The number of rotatable bonds is 6. The minimum Gasteiger partial charge on any atom is -0.464 e. The molecule has 0 spiro atoms. The van der Waals surface area contributed by atoms with E-state index in [9.17, 15) is 4.79 Å². The van der Waals surface area contributed by atoms with Crippen LogP contribution in [0, 0.1) is 0 Å². The van der Waals surface area contributed by atoms with Gasteiger partial charge in [0.1, 0.15) is 6.54 Å². The zero-order chi connectivity index (χ0) is 16.1. The largest absolute Gasteiger partial charge is 0.464 e. The fourth-order valence-corrected chi connectivity index (χ4v) is 2.78. The van der Waals surface area contributed by atoms with Crippen molar-refractivity contribution in [1.29, 1.82) is 0 Å². The summed E-state index contributed by atoms with van der Waals surface area (Å²) in [5.74, 6) is -0.217. The standard InChI is InChI=1S/C19H18ClNO2/c20-17-8-9-18-16(13-17)10-11-21(18)14-19(22)23-12-4-7-15-5-2-1-3-6-15/h1-3,5-6,8-11,13H,4,7,12,14H2. The summed E-state index contributed by atoms with van der Waals surface area (Å²) in [4.78, 5) is 12.0. The van der Waals surface area contributed by atoms with Gasteiger partial charge in [-0.25, -0.2) is 0 Å². The summed E-state index contributed by atoms with van der Waals surface area (Å²) < 4.78 is 7.20. The van der Waals surface area contributed by atoms with Crippen molar-refractivity contribution in [2.45, 2.75) is 19.4 Å². The maximum Gasteiger partial charge on any atom is 0.325 e. The highest BCUT2D eigenvalue weighted by atomic mass is 35.5. The molecule has 3 aromatic rings. The molecule has 0 aliphatic heterocycles. The van der Waals surface area contributed by atoms with E-state index in [2.05, 4.69) is 12.1 Å². The molecule has 0 radical (unpaired) electrons. The highest BCUT2D eigenvalue weighted by Crippen LogP contribution is 2.20. The lowest BCUT2D eigenvalue weighted by atomic mass is 10.1. The number of nitrogens with zero attached hydrogens (tertiary/aromatic N) is 1. The van der Waals surface area contributed by atoms with Gasteiger partial charge in [0.05, 0.1) is 6.61 Å². The zero-order valence-electron chi connectivity index (χ0n) is 12.7. The first-order chi connectivity index (χ1) is 11.2. The molecule has 0 amide bonds. The zero-order valence-corrected chi connectivity index (χ0v) is 13.5. The normalized spacial score (nSPS) is 10.8. The van der Waals surface area contributed by atoms with Gasteiger partial charge in [0, 0.05) is 22.1 Å². The molecular formula is C19H18ClNO2. The quantitative estimate of drug-likeness (QED) is 0.494. The Bertz CT molecular complexity index is 795. The number of halogens is 1. The number of esters is 1. The van der Waals surface area contributed by atoms with Gasteiger partial charge in [-0.05, 0) is 42.7 Å². The summed E-state index contributed by atoms with van der Waals surface area (Å²) in [7, 11) is 0. The van der Waals surface area contributed by atoms with E-state index in [0.717, 1.165) is 23.7 Å². The van der Waals surface area contributed by atoms with Gasteiger partial charge < -0.3 is 9.30 Å². The van der Waals surface area contributed by atoms with Crippen LogP contribution in [0.1, 0.15) is 12.0 Å². The number of hydrogen-bond acceptors (Lipinski definition) is 2. The van der Waals surface area contributed by atoms with Gasteiger partial charge >= 0.3 is 5.97 Å². The smallest absolute Gasteiger partial charge is 0.325 e. The molecule has 118 valence electrons. The number of benzene rings is 2. The van der Waals surface area contributed by atoms with Crippen molar-refractivity contribution in [1.82, 2.24) is 4.57 Å². The predicted molar refractivity (Wildman–Crippen MR) is 92.7 cm³/mol. The Morgan fingerprint density at radius 3 is 2.74 bits per heavy atom. The number of carbonyl (C=O) groups excluding carboxylic acids is 1. The Morgan fingerprint density at radius 2 is 1.91 bits per heavy atom. The summed E-state index contributed by atoms with van der Waals surface area (Å²) in [6, 6.07) is 17.8. The number of fused-ring (bicyclic) bond motifs is 1. The van der Waals surface area contributed by atoms with E-state index in [1.54, 1.807) is 0 Å². The monoisotopic (exact) mass is 327 g/mol. The van der Waals surface area contributed by atoms with Crippen molar-refractivity contribution in [3.63, 3.8) is 0 Å². The Kier molecular flexibility index (Phi) is 4.99. The van der Waals surface area contributed by atoms with E-state index < -0.39 is 0 Å². The lowest BCUT2D eigenvalue weighted by molar-refractivity contribution is -0.144. The van der Waals surface area contributed by atoms with Crippen LogP contribution in [-0.2, 0) is 22.5 Å². The minimum atomic E-state index is -0.217. The molecule has 0 aliphatic carbocycles. The molecule has 0 bridgehead atoms. The van der Waals surface area contributed by atoms with E-state index >= 15 is 0 Å². The molecule has 4 heteroatoms. The molecule has 0 fully saturated rings. The molecule has 0 aliphatic rings. The van der Waals surface area contributed by atoms with Gasteiger partial charge in [0.15, 0.2) is 0 Å². The summed E-state index contributed by atoms with van der Waals surface area (Å²) >= 11 is 5.97. The summed E-state index contributed by atoms with van der Waals surface area (Å²) in [5.41, 5.74) is 2.24. The molecule has 2 aromatic carbocycles. The highest BCUT2D eigenvalue weighted by molar-refractivity contribution is 6.31. The van der Waals surface area contributed by atoms with Gasteiger partial charge in [-0.15, -0.1) is 0 Å². The average molecular weight is 328 g/mol. The lowest BCUT2D eigenvalue weighted by Crippen LogP contribution is -2.13. The molecule has 0 saturated heterocycles. The Balaban J connectivity index is 1.49. The number of aryl methyl sites for hydroxylation is 1. The average Bonchev–Trinajstić information content (AvgIpc) is 2.94. The SMILES string of the molecule is O=C(Cn1ccc2cc(Cl)ccc21)OCCCc1ccccc1. The van der Waals surface area contributed by atoms with Crippen LogP contribution < -0.4 is 0 Å². The second kappa shape index (κ2) is 7.34. The fourth-order valence-electron chi connectivity index (χ4n) is 2.60. The molecule has 1 heterocycles. The van der Waals surface area contributed by atoms with Gasteiger partial charge in [0.25, 0.3) is 0 Å². The van der Waals surface area contributed by atoms with E-state index in [-0.39, 0.29) is 12.5 Å². The molecule has 23 heavy (non-hydrogen) atoms. The third-order valence-corrected chi connectivity index (χ3v) is 3.98. The minimum absolute atomic E-state index is 0.217. The van der Waals surface area contributed by atoms with Crippen molar-refractivity contribution in [3.8, 4) is 0 Å². The Morgan fingerprint density at radius 1 is 1.09 bits per heavy atom. The third kappa shape index (κ3) is 4.14. The first kappa shape index (κ1) is 15.6. The van der Waals surface area contributed by atoms with Crippen LogP contribution >= 0.6 is 11.6 Å². The molecule has 0 unspecified atom stereocenters. The second-order valence-electron chi connectivity index (χ2n) is 5.46. The number of ether oxygens (including phenoxy) is 1. The highest BCUT2D eigenvalue weighted by Gasteiger charge is 2.07. The summed E-state index contributed by atoms with van der Waals surface area (Å²) in [6.45, 7) is 0.662. The van der Waals surface area contributed by atoms with Crippen molar-refractivity contribution in [2.24, 2.45) is 0 Å². The first-order valence-corrected chi connectivity index (χ1v) is 8.04. The maximum atomic E-state index is 12.0. The first-order valence-electron chi connectivity index (χ1n) is 7.66. The van der Waals surface area contributed by atoms with Crippen LogP contribution in [0.15, 0.2) is 60.8 Å². The van der Waals surface area contributed by atoms with Gasteiger partial charge in [0.2, 0.25) is 0 Å². The van der Waals surface area contributed by atoms with Crippen molar-refractivity contribution in [2.75, 3.05) is 6.61 Å². The third-order valence-electron chi connectivity index (χ3n) is 3.75. The number of hydrogen-bond donors (Lipinski definition) is 0. The van der Waals surface area contributed by atoms with Crippen LogP contribution in [0.2, 0.25) is 5.02 Å². The molecule has 0 atom stereocenters. The van der Waals surface area contributed by atoms with Crippen LogP contribution in [0.4, 0.5) is 0 Å². The number of aromatic nitrogens is 1. The van der Waals surface area contributed by atoms with Crippen LogP contribution in [0.25, 0.3) is 10.9 Å². The lowest BCUT2D eigenvalue weighted by Gasteiger charge is -2.07. The molecular weight excluding hydrogens is 310 g/mol. The fraction of sp³-hybridized carbons (Fsp3) is 0.211. The maximum absolute atomic E-state index is 12.0. The molecule has 3 rings (SSSR count). The van der Waals surface area contributed by atoms with Crippen LogP contribution in [0.5, 0.6) is 0 Å². The topological polar surface area (TPSA) is 31.2 Å². The van der Waals surface area contributed by atoms with Crippen LogP contribution in [-0.4, -0.2) is 17.1 Å². The van der Waals surface area contributed by atoms with E-state index in [1.807, 2.05) is 53.2 Å². The van der Waals surface area contributed by atoms with Gasteiger partial charge in [-0.3, -0.25) is 4.79 Å². The summed E-state index contributed by atoms with van der Waals surface area (Å²) in [5, 5.41) is 1.72. The predicted octanol–water partition coefficient (Wildman–Crippen LogP) is 4.47. The molecule has 0 saturated carbocycles. The van der Waals surface area contributed by atoms with Crippen molar-refractivity contribution < 1.29 is 9.53 Å². The van der Waals surface area contributed by atoms with Gasteiger partial charge in [-0.2, -0.15) is 0 Å². The Hall–Kier alpha value is -2.26. The van der Waals surface area contributed by atoms with Crippen molar-refractivity contribution >= 4 is 28.5 Å². The van der Waals surface area contributed by atoms with Crippen LogP contribution in [0.3, 0.4) is 0 Å². The Labute approximate surface area is 140 Å². The summed E-state index contributed by atoms with van der Waals surface area (Å²) in [6.07, 6.45) is 3.63. The van der Waals surface area contributed by atoms with E-state index in [1.165, 1.54) is 5.56 Å². The van der Waals surface area contributed by atoms with E-state index in [4.69, 9.17) is 16.3 Å². The molecule has 1 aromatic heterocycles. The second-order valence-corrected chi connectivity index (χ2v) is 5.89. The molecule has 0 N–H and O–H groups in total. The van der Waals surface area contributed by atoms with Gasteiger partial charge in [-0.1, -0.05) is 41.9 Å². The number of carbonyl (C=O) groups is 1. The molecule has 3 nitrogen and oxygen atoms in total.